The van der Waals surface area contributed by atoms with E-state index >= 15 is 0 Å². The van der Waals surface area contributed by atoms with Crippen molar-refractivity contribution in [2.45, 2.75) is 6.54 Å². The summed E-state index contributed by atoms with van der Waals surface area (Å²) in [5.41, 5.74) is 0.217. The summed E-state index contributed by atoms with van der Waals surface area (Å²) in [6, 6.07) is 7.74. The summed E-state index contributed by atoms with van der Waals surface area (Å²) < 4.78 is 5.85. The Morgan fingerprint density at radius 3 is 2.80 bits per heavy atom. The molecule has 1 heterocycles. The molecule has 0 saturated heterocycles. The SMILES string of the molecule is CN(Cc1ccco1)C(=O)c1cc([N+](=O)[O-])ccc1I. The first-order chi connectivity index (χ1) is 9.49. The van der Waals surface area contributed by atoms with Crippen LogP contribution in [0.2, 0.25) is 0 Å². The van der Waals surface area contributed by atoms with Crippen LogP contribution in [0.25, 0.3) is 0 Å². The number of hydrogen-bond acceptors (Lipinski definition) is 4. The van der Waals surface area contributed by atoms with Crippen LogP contribution in [-0.4, -0.2) is 22.8 Å². The van der Waals surface area contributed by atoms with Gasteiger partial charge in [-0.3, -0.25) is 14.9 Å². The third-order valence-electron chi connectivity index (χ3n) is 2.71. The van der Waals surface area contributed by atoms with E-state index in [1.807, 2.05) is 22.6 Å². The molecule has 0 N–H and O–H groups in total. The zero-order chi connectivity index (χ0) is 14.7. The average molecular weight is 386 g/mol. The lowest BCUT2D eigenvalue weighted by Gasteiger charge is -2.16. The number of nitro benzene ring substituents is 1. The molecule has 0 unspecified atom stereocenters. The van der Waals surface area contributed by atoms with Gasteiger partial charge < -0.3 is 9.32 Å². The third-order valence-corrected chi connectivity index (χ3v) is 3.65. The van der Waals surface area contributed by atoms with Crippen LogP contribution in [-0.2, 0) is 6.54 Å². The molecule has 0 atom stereocenters. The quantitative estimate of drug-likeness (QED) is 0.460. The van der Waals surface area contributed by atoms with Gasteiger partial charge in [0.1, 0.15) is 5.76 Å². The van der Waals surface area contributed by atoms with Crippen LogP contribution < -0.4 is 0 Å². The molecule has 2 rings (SSSR count). The van der Waals surface area contributed by atoms with Gasteiger partial charge in [-0.15, -0.1) is 0 Å². The molecule has 104 valence electrons. The number of non-ortho nitro benzene ring substituents is 1. The minimum absolute atomic E-state index is 0.0971. The topological polar surface area (TPSA) is 76.6 Å². The molecule has 0 saturated carbocycles. The highest BCUT2D eigenvalue weighted by Crippen LogP contribution is 2.21. The van der Waals surface area contributed by atoms with Gasteiger partial charge >= 0.3 is 0 Å². The van der Waals surface area contributed by atoms with Crippen LogP contribution in [0.1, 0.15) is 16.1 Å². The molecule has 0 radical (unpaired) electrons. The van der Waals surface area contributed by atoms with Gasteiger partial charge in [0.25, 0.3) is 11.6 Å². The highest BCUT2D eigenvalue weighted by molar-refractivity contribution is 14.1. The van der Waals surface area contributed by atoms with Crippen LogP contribution in [0.15, 0.2) is 41.0 Å². The van der Waals surface area contributed by atoms with Crippen molar-refractivity contribution >= 4 is 34.2 Å². The number of carbonyl (C=O) groups is 1. The smallest absolute Gasteiger partial charge is 0.270 e. The van der Waals surface area contributed by atoms with E-state index in [4.69, 9.17) is 4.42 Å². The fourth-order valence-corrected chi connectivity index (χ4v) is 2.27. The zero-order valence-electron chi connectivity index (χ0n) is 10.6. The monoisotopic (exact) mass is 386 g/mol. The Bertz CT molecular complexity index is 640. The third kappa shape index (κ3) is 3.16. The number of halogens is 1. The van der Waals surface area contributed by atoms with Crippen LogP contribution >= 0.6 is 22.6 Å². The first kappa shape index (κ1) is 14.5. The number of amides is 1. The lowest BCUT2D eigenvalue weighted by Crippen LogP contribution is -2.26. The predicted octanol–water partition coefficient (Wildman–Crippen LogP) is 3.06. The van der Waals surface area contributed by atoms with Crippen molar-refractivity contribution in [3.05, 3.63) is 61.6 Å². The van der Waals surface area contributed by atoms with Crippen LogP contribution in [0.5, 0.6) is 0 Å². The van der Waals surface area contributed by atoms with E-state index in [1.165, 1.54) is 23.3 Å². The second-order valence-corrected chi connectivity index (χ2v) is 5.32. The minimum Gasteiger partial charge on any atom is -0.467 e. The van der Waals surface area contributed by atoms with E-state index < -0.39 is 4.92 Å². The summed E-state index contributed by atoms with van der Waals surface area (Å²) >= 11 is 1.99. The Balaban J connectivity index is 2.23. The van der Waals surface area contributed by atoms with Gasteiger partial charge in [-0.2, -0.15) is 0 Å². The lowest BCUT2D eigenvalue weighted by atomic mass is 10.2. The van der Waals surface area contributed by atoms with E-state index in [-0.39, 0.29) is 11.6 Å². The molecule has 1 aromatic carbocycles. The standard InChI is InChI=1S/C13H11IN2O4/c1-15(8-10-3-2-6-20-10)13(17)11-7-9(16(18)19)4-5-12(11)14/h2-7H,8H2,1H3. The number of nitro groups is 1. The van der Waals surface area contributed by atoms with Gasteiger partial charge in [-0.25, -0.2) is 0 Å². The van der Waals surface area contributed by atoms with E-state index in [9.17, 15) is 14.9 Å². The molecule has 20 heavy (non-hydrogen) atoms. The number of benzene rings is 1. The first-order valence-electron chi connectivity index (χ1n) is 5.71. The zero-order valence-corrected chi connectivity index (χ0v) is 12.7. The van der Waals surface area contributed by atoms with Crippen molar-refractivity contribution < 1.29 is 14.1 Å². The number of rotatable bonds is 4. The molecule has 2 aromatic rings. The van der Waals surface area contributed by atoms with E-state index in [0.717, 1.165) is 0 Å². The summed E-state index contributed by atoms with van der Waals surface area (Å²) in [5, 5.41) is 10.8. The molecule has 0 aliphatic rings. The van der Waals surface area contributed by atoms with Crippen molar-refractivity contribution in [2.75, 3.05) is 7.05 Å². The molecule has 1 amide bonds. The summed E-state index contributed by atoms with van der Waals surface area (Å²) in [6.07, 6.45) is 1.53. The van der Waals surface area contributed by atoms with Gasteiger partial charge in [0, 0.05) is 22.8 Å². The summed E-state index contributed by atoms with van der Waals surface area (Å²) in [4.78, 5) is 24.0. The molecule has 0 aliphatic carbocycles. The van der Waals surface area contributed by atoms with Crippen LogP contribution in [0.4, 0.5) is 5.69 Å². The number of hydrogen-bond donors (Lipinski definition) is 0. The second kappa shape index (κ2) is 6.04. The van der Waals surface area contributed by atoms with Gasteiger partial charge in [-0.1, -0.05) is 0 Å². The van der Waals surface area contributed by atoms with Gasteiger partial charge in [-0.05, 0) is 40.8 Å². The molecular weight excluding hydrogens is 375 g/mol. The maximum absolute atomic E-state index is 12.3. The first-order valence-corrected chi connectivity index (χ1v) is 6.78. The minimum atomic E-state index is -0.514. The van der Waals surface area contributed by atoms with Gasteiger partial charge in [0.2, 0.25) is 0 Å². The number of furan rings is 1. The van der Waals surface area contributed by atoms with Crippen molar-refractivity contribution in [3.8, 4) is 0 Å². The van der Waals surface area contributed by atoms with Crippen LogP contribution in [0, 0.1) is 13.7 Å². The van der Waals surface area contributed by atoms with Crippen molar-refractivity contribution in [3.63, 3.8) is 0 Å². The van der Waals surface area contributed by atoms with E-state index in [0.29, 0.717) is 21.4 Å². The van der Waals surface area contributed by atoms with Crippen molar-refractivity contribution in [1.82, 2.24) is 4.90 Å². The van der Waals surface area contributed by atoms with Crippen LogP contribution in [0.3, 0.4) is 0 Å². The predicted molar refractivity (Wildman–Crippen MR) is 80.3 cm³/mol. The average Bonchev–Trinajstić information content (AvgIpc) is 2.91. The summed E-state index contributed by atoms with van der Waals surface area (Å²) in [6.45, 7) is 0.310. The Morgan fingerprint density at radius 2 is 2.20 bits per heavy atom. The normalized spacial score (nSPS) is 10.3. The van der Waals surface area contributed by atoms with E-state index in [2.05, 4.69) is 0 Å². The Kier molecular flexibility index (Phi) is 4.38. The second-order valence-electron chi connectivity index (χ2n) is 4.16. The molecule has 6 nitrogen and oxygen atoms in total. The molecule has 1 aromatic heterocycles. The highest BCUT2D eigenvalue weighted by atomic mass is 127. The fourth-order valence-electron chi connectivity index (χ4n) is 1.70. The number of nitrogens with zero attached hydrogens (tertiary/aromatic N) is 2. The highest BCUT2D eigenvalue weighted by Gasteiger charge is 2.19. The Hall–Kier alpha value is -1.90. The maximum Gasteiger partial charge on any atom is 0.270 e. The largest absolute Gasteiger partial charge is 0.467 e. The van der Waals surface area contributed by atoms with Crippen molar-refractivity contribution in [2.24, 2.45) is 0 Å². The van der Waals surface area contributed by atoms with Gasteiger partial charge in [0.05, 0.1) is 23.3 Å². The Morgan fingerprint density at radius 1 is 1.45 bits per heavy atom. The van der Waals surface area contributed by atoms with Crippen molar-refractivity contribution in [1.29, 1.82) is 0 Å². The molecule has 0 spiro atoms. The maximum atomic E-state index is 12.3. The molecular formula is C13H11IN2O4. The molecule has 0 aliphatic heterocycles. The summed E-state index contributed by atoms with van der Waals surface area (Å²) in [7, 11) is 1.62. The summed E-state index contributed by atoms with van der Waals surface area (Å²) in [5.74, 6) is 0.371. The molecule has 7 heteroatoms. The molecule has 0 fully saturated rings. The fraction of sp³-hybridized carbons (Fsp3) is 0.154. The molecule has 0 bridgehead atoms. The van der Waals surface area contributed by atoms with Gasteiger partial charge in [0.15, 0.2) is 0 Å². The Labute approximate surface area is 128 Å². The lowest BCUT2D eigenvalue weighted by molar-refractivity contribution is -0.384. The van der Waals surface area contributed by atoms with E-state index in [1.54, 1.807) is 25.2 Å². The number of carbonyl (C=O) groups excluding carboxylic acids is 1.